The average Bonchev–Trinajstić information content (AvgIpc) is 3.11. The fourth-order valence-corrected chi connectivity index (χ4v) is 3.15. The van der Waals surface area contributed by atoms with Crippen molar-refractivity contribution in [2.45, 2.75) is 5.16 Å². The van der Waals surface area contributed by atoms with Crippen LogP contribution in [0, 0.1) is 0 Å². The van der Waals surface area contributed by atoms with Crippen LogP contribution in [0.4, 0.5) is 0 Å². The molecular formula is C15H12N2OS2. The van der Waals surface area contributed by atoms with Gasteiger partial charge in [-0.05, 0) is 35.9 Å². The van der Waals surface area contributed by atoms with Crippen molar-refractivity contribution in [1.82, 2.24) is 9.55 Å². The second kappa shape index (κ2) is 5.64. The normalized spacial score (nSPS) is 11.4. The maximum absolute atomic E-state index is 12.4. The van der Waals surface area contributed by atoms with Gasteiger partial charge in [-0.2, -0.15) is 0 Å². The van der Waals surface area contributed by atoms with Crippen molar-refractivity contribution in [3.63, 3.8) is 0 Å². The summed E-state index contributed by atoms with van der Waals surface area (Å²) in [6.45, 7) is 0. The highest BCUT2D eigenvalue weighted by Crippen LogP contribution is 2.22. The zero-order valence-corrected chi connectivity index (χ0v) is 12.4. The number of imidazole rings is 1. The average molecular weight is 300 g/mol. The first-order chi connectivity index (χ1) is 9.79. The first kappa shape index (κ1) is 13.1. The highest BCUT2D eigenvalue weighted by molar-refractivity contribution is 7.98. The van der Waals surface area contributed by atoms with Gasteiger partial charge in [0.1, 0.15) is 0 Å². The molecule has 0 fully saturated rings. The number of para-hydroxylation sites is 2. The maximum atomic E-state index is 12.4. The lowest BCUT2D eigenvalue weighted by Crippen LogP contribution is -2.08. The van der Waals surface area contributed by atoms with Crippen LogP contribution in [-0.2, 0) is 0 Å². The molecule has 5 heteroatoms. The molecule has 0 aliphatic heterocycles. The molecule has 3 aromatic rings. The van der Waals surface area contributed by atoms with E-state index in [1.54, 1.807) is 22.0 Å². The Balaban J connectivity index is 2.02. The molecule has 0 aliphatic rings. The maximum Gasteiger partial charge on any atom is 0.257 e. The molecule has 0 aliphatic carbocycles. The van der Waals surface area contributed by atoms with Crippen LogP contribution in [0.15, 0.2) is 53.0 Å². The molecule has 0 radical (unpaired) electrons. The molecule has 3 rings (SSSR count). The molecular weight excluding hydrogens is 288 g/mol. The van der Waals surface area contributed by atoms with Gasteiger partial charge in [0.05, 0.1) is 11.0 Å². The zero-order chi connectivity index (χ0) is 13.9. The van der Waals surface area contributed by atoms with Crippen molar-refractivity contribution in [1.29, 1.82) is 0 Å². The summed E-state index contributed by atoms with van der Waals surface area (Å²) in [5.41, 5.74) is 1.69. The van der Waals surface area contributed by atoms with Crippen LogP contribution < -0.4 is 0 Å². The minimum Gasteiger partial charge on any atom is -0.269 e. The fraction of sp³-hybridized carbons (Fsp3) is 0.0667. The van der Waals surface area contributed by atoms with Crippen LogP contribution in [-0.4, -0.2) is 21.7 Å². The third-order valence-electron chi connectivity index (χ3n) is 2.87. The molecule has 20 heavy (non-hydrogen) atoms. The Morgan fingerprint density at radius 2 is 2.15 bits per heavy atom. The lowest BCUT2D eigenvalue weighted by Gasteiger charge is -2.02. The number of rotatable bonds is 3. The first-order valence-corrected chi connectivity index (χ1v) is 8.17. The molecule has 2 heterocycles. The Kier molecular flexibility index (Phi) is 3.71. The summed E-state index contributed by atoms with van der Waals surface area (Å²) in [5.74, 6) is -0.0727. The Labute approximate surface area is 125 Å². The standard InChI is InChI=1S/C15H12N2OS2/c1-19-15-16-12-6-2-3-7-13(12)17(15)14(18)9-8-11-5-4-10-20-11/h2-10H,1H3/b9-8+. The monoisotopic (exact) mass is 300 g/mol. The van der Waals surface area contributed by atoms with Gasteiger partial charge >= 0.3 is 0 Å². The topological polar surface area (TPSA) is 34.9 Å². The Hall–Kier alpha value is -1.85. The van der Waals surface area contributed by atoms with Crippen LogP contribution >= 0.6 is 23.1 Å². The van der Waals surface area contributed by atoms with E-state index in [0.29, 0.717) is 5.16 Å². The Bertz CT molecular complexity index is 772. The molecule has 0 amide bonds. The molecule has 0 atom stereocenters. The van der Waals surface area contributed by atoms with E-state index in [-0.39, 0.29) is 5.91 Å². The summed E-state index contributed by atoms with van der Waals surface area (Å²) in [6.07, 6.45) is 5.36. The smallest absolute Gasteiger partial charge is 0.257 e. The Morgan fingerprint density at radius 1 is 1.30 bits per heavy atom. The SMILES string of the molecule is CSc1nc2ccccc2n1C(=O)/C=C/c1cccs1. The number of hydrogen-bond donors (Lipinski definition) is 0. The van der Waals surface area contributed by atoms with E-state index in [1.807, 2.05) is 54.1 Å². The molecule has 1 aromatic carbocycles. The minimum atomic E-state index is -0.0727. The second-order valence-electron chi connectivity index (χ2n) is 4.11. The molecule has 3 nitrogen and oxygen atoms in total. The predicted molar refractivity (Wildman–Crippen MR) is 85.5 cm³/mol. The summed E-state index contributed by atoms with van der Waals surface area (Å²) in [4.78, 5) is 18.0. The number of carbonyl (C=O) groups excluding carboxylic acids is 1. The van der Waals surface area contributed by atoms with E-state index in [0.717, 1.165) is 15.9 Å². The van der Waals surface area contributed by atoms with Gasteiger partial charge in [-0.15, -0.1) is 11.3 Å². The molecule has 0 spiro atoms. The van der Waals surface area contributed by atoms with E-state index >= 15 is 0 Å². The third kappa shape index (κ3) is 2.42. The number of nitrogens with zero attached hydrogens (tertiary/aromatic N) is 2. The van der Waals surface area contributed by atoms with Crippen LogP contribution in [0.5, 0.6) is 0 Å². The predicted octanol–water partition coefficient (Wildman–Crippen LogP) is 4.17. The summed E-state index contributed by atoms with van der Waals surface area (Å²) >= 11 is 3.08. The van der Waals surface area contributed by atoms with Crippen LogP contribution in [0.3, 0.4) is 0 Å². The van der Waals surface area contributed by atoms with Crippen molar-refractivity contribution in [3.05, 3.63) is 52.7 Å². The number of fused-ring (bicyclic) bond motifs is 1. The van der Waals surface area contributed by atoms with Gasteiger partial charge in [-0.25, -0.2) is 4.98 Å². The zero-order valence-electron chi connectivity index (χ0n) is 10.8. The van der Waals surface area contributed by atoms with Crippen molar-refractivity contribution in [2.75, 3.05) is 6.26 Å². The lowest BCUT2D eigenvalue weighted by molar-refractivity contribution is 0.0965. The number of allylic oxidation sites excluding steroid dienone is 1. The van der Waals surface area contributed by atoms with Crippen molar-refractivity contribution < 1.29 is 4.79 Å². The molecule has 0 saturated carbocycles. The van der Waals surface area contributed by atoms with Gasteiger partial charge in [0.2, 0.25) is 0 Å². The van der Waals surface area contributed by atoms with Crippen molar-refractivity contribution >= 4 is 46.1 Å². The van der Waals surface area contributed by atoms with Gasteiger partial charge in [-0.1, -0.05) is 30.0 Å². The van der Waals surface area contributed by atoms with Crippen LogP contribution in [0.1, 0.15) is 9.67 Å². The van der Waals surface area contributed by atoms with E-state index in [2.05, 4.69) is 4.98 Å². The first-order valence-electron chi connectivity index (χ1n) is 6.07. The fourth-order valence-electron chi connectivity index (χ4n) is 1.97. The van der Waals surface area contributed by atoms with Crippen molar-refractivity contribution in [3.8, 4) is 0 Å². The summed E-state index contributed by atoms with van der Waals surface area (Å²) in [5, 5.41) is 2.71. The highest BCUT2D eigenvalue weighted by Gasteiger charge is 2.13. The van der Waals surface area contributed by atoms with Gasteiger partial charge in [0.25, 0.3) is 5.91 Å². The third-order valence-corrected chi connectivity index (χ3v) is 4.34. The minimum absolute atomic E-state index is 0.0727. The van der Waals surface area contributed by atoms with Gasteiger partial charge in [0, 0.05) is 11.0 Å². The number of carbonyl (C=O) groups is 1. The van der Waals surface area contributed by atoms with Gasteiger partial charge in [-0.3, -0.25) is 9.36 Å². The quantitative estimate of drug-likeness (QED) is 0.538. The highest BCUT2D eigenvalue weighted by atomic mass is 32.2. The molecule has 0 unspecified atom stereocenters. The van der Waals surface area contributed by atoms with E-state index in [4.69, 9.17) is 0 Å². The molecule has 0 saturated heterocycles. The van der Waals surface area contributed by atoms with E-state index in [9.17, 15) is 4.79 Å². The van der Waals surface area contributed by atoms with Gasteiger partial charge < -0.3 is 0 Å². The molecule has 100 valence electrons. The molecule has 0 N–H and O–H groups in total. The largest absolute Gasteiger partial charge is 0.269 e. The van der Waals surface area contributed by atoms with Crippen molar-refractivity contribution in [2.24, 2.45) is 0 Å². The molecule has 2 aromatic heterocycles. The number of thiophene rings is 1. The molecule has 0 bridgehead atoms. The van der Waals surface area contributed by atoms with Crippen LogP contribution in [0.2, 0.25) is 0 Å². The number of hydrogen-bond acceptors (Lipinski definition) is 4. The van der Waals surface area contributed by atoms with Gasteiger partial charge in [0.15, 0.2) is 5.16 Å². The second-order valence-corrected chi connectivity index (χ2v) is 5.86. The lowest BCUT2D eigenvalue weighted by atomic mass is 10.3. The van der Waals surface area contributed by atoms with E-state index in [1.165, 1.54) is 11.8 Å². The summed E-state index contributed by atoms with van der Waals surface area (Å²) in [6, 6.07) is 11.6. The van der Waals surface area contributed by atoms with Crippen LogP contribution in [0.25, 0.3) is 17.1 Å². The number of thioether (sulfide) groups is 1. The summed E-state index contributed by atoms with van der Waals surface area (Å²) in [7, 11) is 0. The number of aromatic nitrogens is 2. The van der Waals surface area contributed by atoms with E-state index < -0.39 is 0 Å². The summed E-state index contributed by atoms with van der Waals surface area (Å²) < 4.78 is 1.66. The number of benzene rings is 1. The Morgan fingerprint density at radius 3 is 2.90 bits per heavy atom.